The first kappa shape index (κ1) is 27.1. The third-order valence-electron chi connectivity index (χ3n) is 3.83. The Kier molecular flexibility index (Phi) is 8.08. The van der Waals surface area contributed by atoms with Crippen molar-refractivity contribution in [2.75, 3.05) is 32.9 Å². The highest BCUT2D eigenvalue weighted by atomic mass is 32.2. The number of carbonyl (C=O) groups is 2. The molecule has 0 aromatic rings. The lowest BCUT2D eigenvalue weighted by atomic mass is 10.2. The number of ether oxygens (including phenoxy) is 3. The second-order valence-corrected chi connectivity index (χ2v) is 7.34. The van der Waals surface area contributed by atoms with E-state index in [1.54, 1.807) is 0 Å². The average Bonchev–Trinajstić information content (AvgIpc) is 2.65. The Labute approximate surface area is 170 Å². The highest BCUT2D eigenvalue weighted by Gasteiger charge is 2.68. The zero-order valence-electron chi connectivity index (χ0n) is 15.3. The Morgan fingerprint density at radius 3 is 2.03 bits per heavy atom. The van der Waals surface area contributed by atoms with Crippen molar-refractivity contribution in [2.24, 2.45) is 0 Å². The summed E-state index contributed by atoms with van der Waals surface area (Å²) >= 11 is 0. The van der Waals surface area contributed by atoms with Crippen LogP contribution in [0.25, 0.3) is 0 Å². The maximum Gasteiger partial charge on any atom is 0.466 e. The van der Waals surface area contributed by atoms with Gasteiger partial charge in [-0.2, -0.15) is 30.7 Å². The fourth-order valence-corrected chi connectivity index (χ4v) is 2.67. The van der Waals surface area contributed by atoms with Gasteiger partial charge >= 0.3 is 35.0 Å². The van der Waals surface area contributed by atoms with Crippen LogP contribution in [0.1, 0.15) is 6.42 Å². The summed E-state index contributed by atoms with van der Waals surface area (Å²) in [6.45, 7) is -0.628. The molecule has 1 aliphatic rings. The average molecular weight is 490 g/mol. The standard InChI is InChI=1S/C14H16F7NO8S/c1-2-9(23)30-12(13(17,18)19,10(24)22-4-7-28-8-5-22)29-6-3-11(15,16)14(20,21)31(25,26)27/h2H,1,3-8H2,(H,25,26,27)/p-1. The molecule has 17 heteroatoms. The van der Waals surface area contributed by atoms with E-state index in [0.29, 0.717) is 4.90 Å². The fourth-order valence-electron chi connectivity index (χ4n) is 2.21. The molecule has 0 spiro atoms. The molecule has 1 atom stereocenters. The number of rotatable bonds is 9. The quantitative estimate of drug-likeness (QED) is 0.154. The van der Waals surface area contributed by atoms with E-state index in [9.17, 15) is 53.3 Å². The molecule has 0 bridgehead atoms. The molecule has 0 N–H and O–H groups in total. The van der Waals surface area contributed by atoms with Crippen LogP contribution < -0.4 is 0 Å². The summed E-state index contributed by atoms with van der Waals surface area (Å²) in [5.74, 6) is -14.2. The van der Waals surface area contributed by atoms with E-state index in [1.807, 2.05) is 0 Å². The fraction of sp³-hybridized carbons (Fsp3) is 0.714. The van der Waals surface area contributed by atoms with E-state index in [4.69, 9.17) is 4.74 Å². The van der Waals surface area contributed by atoms with Gasteiger partial charge < -0.3 is 23.7 Å². The predicted octanol–water partition coefficient (Wildman–Crippen LogP) is 1.01. The summed E-state index contributed by atoms with van der Waals surface area (Å²) in [6.07, 6.45) is -8.17. The van der Waals surface area contributed by atoms with Gasteiger partial charge in [-0.15, -0.1) is 0 Å². The lowest BCUT2D eigenvalue weighted by Gasteiger charge is -2.38. The molecule has 0 aliphatic carbocycles. The third kappa shape index (κ3) is 5.64. The van der Waals surface area contributed by atoms with E-state index in [1.165, 1.54) is 0 Å². The first-order chi connectivity index (χ1) is 13.9. The summed E-state index contributed by atoms with van der Waals surface area (Å²) in [7, 11) is -6.91. The Morgan fingerprint density at radius 1 is 1.10 bits per heavy atom. The summed E-state index contributed by atoms with van der Waals surface area (Å²) in [6, 6.07) is 0. The molecule has 1 amide bonds. The number of halogens is 7. The van der Waals surface area contributed by atoms with Crippen molar-refractivity contribution in [3.05, 3.63) is 12.7 Å². The normalized spacial score (nSPS) is 18.3. The Morgan fingerprint density at radius 2 is 1.61 bits per heavy atom. The molecule has 1 aliphatic heterocycles. The first-order valence-corrected chi connectivity index (χ1v) is 9.48. The van der Waals surface area contributed by atoms with Gasteiger partial charge in [-0.05, 0) is 0 Å². The van der Waals surface area contributed by atoms with E-state index < -0.39 is 71.3 Å². The number of amides is 1. The van der Waals surface area contributed by atoms with Crippen LogP contribution in [-0.4, -0.2) is 85.8 Å². The van der Waals surface area contributed by atoms with Crippen molar-refractivity contribution >= 4 is 22.0 Å². The summed E-state index contributed by atoms with van der Waals surface area (Å²) in [4.78, 5) is 24.3. The smallest absolute Gasteiger partial charge is 0.466 e. The topological polar surface area (TPSA) is 122 Å². The lowest BCUT2D eigenvalue weighted by Crippen LogP contribution is -2.63. The van der Waals surface area contributed by atoms with E-state index in [2.05, 4.69) is 16.1 Å². The molecular weight excluding hydrogens is 475 g/mol. The van der Waals surface area contributed by atoms with Gasteiger partial charge in [0.1, 0.15) is 0 Å². The molecule has 0 aromatic carbocycles. The molecule has 0 aromatic heterocycles. The molecule has 1 saturated heterocycles. The van der Waals surface area contributed by atoms with Gasteiger partial charge in [-0.1, -0.05) is 6.58 Å². The minimum Gasteiger partial charge on any atom is -0.743 e. The van der Waals surface area contributed by atoms with Gasteiger partial charge in [0.15, 0.2) is 10.1 Å². The van der Waals surface area contributed by atoms with E-state index in [0.717, 1.165) is 0 Å². The van der Waals surface area contributed by atoms with E-state index >= 15 is 0 Å². The molecule has 1 rings (SSSR count). The molecule has 180 valence electrons. The summed E-state index contributed by atoms with van der Waals surface area (Å²) in [5, 5.41) is -6.20. The lowest BCUT2D eigenvalue weighted by molar-refractivity contribution is -0.353. The van der Waals surface area contributed by atoms with Crippen LogP contribution in [0.3, 0.4) is 0 Å². The molecule has 9 nitrogen and oxygen atoms in total. The van der Waals surface area contributed by atoms with Crippen LogP contribution in [-0.2, 0) is 33.9 Å². The number of nitrogens with zero attached hydrogens (tertiary/aromatic N) is 1. The van der Waals surface area contributed by atoms with Gasteiger partial charge in [0.2, 0.25) is 0 Å². The van der Waals surface area contributed by atoms with Gasteiger partial charge in [-0.3, -0.25) is 4.79 Å². The van der Waals surface area contributed by atoms with Crippen molar-refractivity contribution < 1.29 is 67.5 Å². The van der Waals surface area contributed by atoms with Gasteiger partial charge in [0, 0.05) is 25.6 Å². The van der Waals surface area contributed by atoms with Crippen molar-refractivity contribution in [1.82, 2.24) is 4.90 Å². The molecular formula is C14H15F7NO8S-. The van der Waals surface area contributed by atoms with Crippen LogP contribution in [0.5, 0.6) is 0 Å². The number of hydrogen-bond donors (Lipinski definition) is 0. The maximum atomic E-state index is 13.7. The van der Waals surface area contributed by atoms with Crippen LogP contribution >= 0.6 is 0 Å². The minimum absolute atomic E-state index is 0.184. The zero-order valence-corrected chi connectivity index (χ0v) is 16.1. The molecule has 1 fully saturated rings. The predicted molar refractivity (Wildman–Crippen MR) is 82.6 cm³/mol. The van der Waals surface area contributed by atoms with Gasteiger partial charge in [-0.25, -0.2) is 13.2 Å². The molecule has 31 heavy (non-hydrogen) atoms. The molecule has 1 unspecified atom stereocenters. The summed E-state index contributed by atoms with van der Waals surface area (Å²) < 4.78 is 139. The Bertz CT molecular complexity index is 795. The number of morpholine rings is 1. The van der Waals surface area contributed by atoms with Crippen LogP contribution in [0, 0.1) is 0 Å². The van der Waals surface area contributed by atoms with Gasteiger partial charge in [0.25, 0.3) is 0 Å². The van der Waals surface area contributed by atoms with Gasteiger partial charge in [0.05, 0.1) is 19.8 Å². The van der Waals surface area contributed by atoms with E-state index in [-0.39, 0.29) is 19.3 Å². The van der Waals surface area contributed by atoms with Crippen LogP contribution in [0.2, 0.25) is 0 Å². The molecule has 0 radical (unpaired) electrons. The SMILES string of the molecule is C=CC(=O)OC(OCCC(F)(F)C(F)(F)S(=O)(=O)[O-])(C(=O)N1CCOCC1)C(F)(F)F. The second-order valence-electron chi connectivity index (χ2n) is 5.92. The Hall–Kier alpha value is -1.98. The monoisotopic (exact) mass is 490 g/mol. The number of carbonyl (C=O) groups excluding carboxylic acids is 2. The number of alkyl halides is 7. The first-order valence-electron chi connectivity index (χ1n) is 8.07. The second kappa shape index (κ2) is 9.25. The Balaban J connectivity index is 3.26. The third-order valence-corrected chi connectivity index (χ3v) is 4.75. The summed E-state index contributed by atoms with van der Waals surface area (Å²) in [5.41, 5.74) is 0. The zero-order chi connectivity index (χ0) is 24.3. The van der Waals surface area contributed by atoms with Crippen LogP contribution in [0.4, 0.5) is 30.7 Å². The number of hydrogen-bond acceptors (Lipinski definition) is 8. The maximum absolute atomic E-state index is 13.7. The van der Waals surface area contributed by atoms with Crippen molar-refractivity contribution in [2.45, 2.75) is 29.6 Å². The van der Waals surface area contributed by atoms with Crippen molar-refractivity contribution in [3.63, 3.8) is 0 Å². The minimum atomic E-state index is -6.91. The van der Waals surface area contributed by atoms with Crippen LogP contribution in [0.15, 0.2) is 12.7 Å². The molecule has 0 saturated carbocycles. The van der Waals surface area contributed by atoms with Crippen molar-refractivity contribution in [1.29, 1.82) is 0 Å². The highest BCUT2D eigenvalue weighted by molar-refractivity contribution is 7.86. The number of esters is 1. The van der Waals surface area contributed by atoms with Crippen molar-refractivity contribution in [3.8, 4) is 0 Å². The highest BCUT2D eigenvalue weighted by Crippen LogP contribution is 2.42. The largest absolute Gasteiger partial charge is 0.743 e. The molecule has 1 heterocycles.